The Labute approximate surface area is 101 Å². The molecule has 18 heavy (non-hydrogen) atoms. The number of nitro groups is 1. The zero-order valence-corrected chi connectivity index (χ0v) is 9.11. The van der Waals surface area contributed by atoms with E-state index in [1.807, 2.05) is 6.07 Å². The SMILES string of the molecule is O=[N+]([O-])c1ccc2nc(-c3ccccn3)oc2c1. The van der Waals surface area contributed by atoms with Crippen LogP contribution in [-0.2, 0) is 0 Å². The smallest absolute Gasteiger partial charge is 0.273 e. The van der Waals surface area contributed by atoms with Crippen LogP contribution in [0.25, 0.3) is 22.7 Å². The minimum atomic E-state index is -0.470. The minimum Gasteiger partial charge on any atom is -0.434 e. The molecule has 0 radical (unpaired) electrons. The van der Waals surface area contributed by atoms with Crippen molar-refractivity contribution in [2.45, 2.75) is 0 Å². The second-order valence-electron chi connectivity index (χ2n) is 3.64. The topological polar surface area (TPSA) is 82.1 Å². The highest BCUT2D eigenvalue weighted by atomic mass is 16.6. The number of benzene rings is 1. The molecule has 0 amide bonds. The average molecular weight is 241 g/mol. The van der Waals surface area contributed by atoms with E-state index in [1.165, 1.54) is 12.1 Å². The van der Waals surface area contributed by atoms with Gasteiger partial charge in [-0.2, -0.15) is 0 Å². The first kappa shape index (κ1) is 10.4. The maximum atomic E-state index is 10.7. The van der Waals surface area contributed by atoms with Crippen LogP contribution in [0.15, 0.2) is 47.0 Å². The summed E-state index contributed by atoms with van der Waals surface area (Å²) in [6, 6.07) is 9.68. The van der Waals surface area contributed by atoms with E-state index in [-0.39, 0.29) is 5.69 Å². The van der Waals surface area contributed by atoms with E-state index in [0.717, 1.165) is 0 Å². The van der Waals surface area contributed by atoms with Gasteiger partial charge in [-0.25, -0.2) is 4.98 Å². The minimum absolute atomic E-state index is 0.0220. The molecule has 3 rings (SSSR count). The van der Waals surface area contributed by atoms with Crippen LogP contribution in [0, 0.1) is 10.1 Å². The number of fused-ring (bicyclic) bond motifs is 1. The lowest BCUT2D eigenvalue weighted by Gasteiger charge is -1.90. The van der Waals surface area contributed by atoms with E-state index in [9.17, 15) is 10.1 Å². The molecular weight excluding hydrogens is 234 g/mol. The average Bonchev–Trinajstić information content (AvgIpc) is 2.82. The lowest BCUT2D eigenvalue weighted by molar-refractivity contribution is -0.384. The molecule has 6 nitrogen and oxygen atoms in total. The highest BCUT2D eigenvalue weighted by Crippen LogP contribution is 2.25. The molecule has 1 aromatic carbocycles. The van der Waals surface area contributed by atoms with Crippen LogP contribution in [0.1, 0.15) is 0 Å². The highest BCUT2D eigenvalue weighted by molar-refractivity contribution is 5.78. The molecule has 0 atom stereocenters. The van der Waals surface area contributed by atoms with E-state index < -0.39 is 4.92 Å². The van der Waals surface area contributed by atoms with Crippen molar-refractivity contribution in [3.05, 3.63) is 52.7 Å². The molecule has 0 unspecified atom stereocenters. The van der Waals surface area contributed by atoms with Crippen LogP contribution in [0.3, 0.4) is 0 Å². The fraction of sp³-hybridized carbons (Fsp3) is 0. The number of non-ortho nitro benzene ring substituents is 1. The first-order valence-corrected chi connectivity index (χ1v) is 5.20. The first-order chi connectivity index (χ1) is 8.74. The molecule has 0 aliphatic carbocycles. The molecule has 0 aliphatic rings. The Kier molecular flexibility index (Phi) is 2.26. The van der Waals surface area contributed by atoms with Gasteiger partial charge in [0, 0.05) is 12.3 Å². The van der Waals surface area contributed by atoms with Crippen molar-refractivity contribution in [1.82, 2.24) is 9.97 Å². The maximum absolute atomic E-state index is 10.7. The van der Waals surface area contributed by atoms with Gasteiger partial charge in [0.2, 0.25) is 5.89 Å². The van der Waals surface area contributed by atoms with Crippen LogP contribution in [0.2, 0.25) is 0 Å². The van der Waals surface area contributed by atoms with Gasteiger partial charge < -0.3 is 4.42 Å². The van der Waals surface area contributed by atoms with Crippen molar-refractivity contribution in [2.24, 2.45) is 0 Å². The second kappa shape index (κ2) is 3.92. The molecule has 0 N–H and O–H groups in total. The van der Waals surface area contributed by atoms with E-state index in [2.05, 4.69) is 9.97 Å². The molecule has 6 heteroatoms. The van der Waals surface area contributed by atoms with Crippen molar-refractivity contribution in [3.8, 4) is 11.6 Å². The summed E-state index contributed by atoms with van der Waals surface area (Å²) in [5, 5.41) is 10.7. The van der Waals surface area contributed by atoms with Gasteiger partial charge in [0.25, 0.3) is 5.69 Å². The van der Waals surface area contributed by atoms with Crippen molar-refractivity contribution < 1.29 is 9.34 Å². The molecule has 88 valence electrons. The van der Waals surface area contributed by atoms with Crippen LogP contribution in [-0.4, -0.2) is 14.9 Å². The molecular formula is C12H7N3O3. The molecule has 0 aliphatic heterocycles. The van der Waals surface area contributed by atoms with Crippen LogP contribution >= 0.6 is 0 Å². The van der Waals surface area contributed by atoms with Gasteiger partial charge in [-0.3, -0.25) is 15.1 Å². The van der Waals surface area contributed by atoms with Gasteiger partial charge >= 0.3 is 0 Å². The van der Waals surface area contributed by atoms with Gasteiger partial charge in [0.05, 0.1) is 11.0 Å². The van der Waals surface area contributed by atoms with E-state index >= 15 is 0 Å². The molecule has 3 aromatic rings. The van der Waals surface area contributed by atoms with Gasteiger partial charge in [-0.15, -0.1) is 0 Å². The van der Waals surface area contributed by atoms with E-state index in [0.29, 0.717) is 22.7 Å². The van der Waals surface area contributed by atoms with Crippen molar-refractivity contribution in [1.29, 1.82) is 0 Å². The van der Waals surface area contributed by atoms with Gasteiger partial charge in [-0.05, 0) is 18.2 Å². The molecule has 0 saturated carbocycles. The third-order valence-corrected chi connectivity index (χ3v) is 2.47. The molecule has 0 spiro atoms. The Morgan fingerprint density at radius 3 is 2.83 bits per heavy atom. The van der Waals surface area contributed by atoms with Gasteiger partial charge in [-0.1, -0.05) is 6.07 Å². The quantitative estimate of drug-likeness (QED) is 0.509. The lowest BCUT2D eigenvalue weighted by Crippen LogP contribution is -1.86. The van der Waals surface area contributed by atoms with Crippen molar-refractivity contribution in [2.75, 3.05) is 0 Å². The maximum Gasteiger partial charge on any atom is 0.273 e. The molecule has 0 saturated heterocycles. The first-order valence-electron chi connectivity index (χ1n) is 5.20. The Morgan fingerprint density at radius 2 is 2.11 bits per heavy atom. The van der Waals surface area contributed by atoms with Gasteiger partial charge in [0.15, 0.2) is 5.58 Å². The van der Waals surface area contributed by atoms with Crippen molar-refractivity contribution in [3.63, 3.8) is 0 Å². The normalized spacial score (nSPS) is 10.7. The summed E-state index contributed by atoms with van der Waals surface area (Å²) in [4.78, 5) is 18.5. The summed E-state index contributed by atoms with van der Waals surface area (Å²) in [7, 11) is 0. The van der Waals surface area contributed by atoms with Gasteiger partial charge in [0.1, 0.15) is 11.2 Å². The number of nitro benzene ring substituents is 1. The zero-order chi connectivity index (χ0) is 12.5. The van der Waals surface area contributed by atoms with Crippen LogP contribution in [0.5, 0.6) is 0 Å². The standard InChI is InChI=1S/C12H7N3O3/c16-15(17)8-4-5-9-11(7-8)18-12(14-9)10-3-1-2-6-13-10/h1-7H. The Morgan fingerprint density at radius 1 is 1.22 bits per heavy atom. The van der Waals surface area contributed by atoms with Crippen molar-refractivity contribution >= 4 is 16.8 Å². The number of nitrogens with zero attached hydrogens (tertiary/aromatic N) is 3. The Hall–Kier alpha value is -2.76. The molecule has 2 heterocycles. The third kappa shape index (κ3) is 1.69. The third-order valence-electron chi connectivity index (χ3n) is 2.47. The summed E-state index contributed by atoms with van der Waals surface area (Å²) in [6.07, 6.45) is 1.63. The van der Waals surface area contributed by atoms with Crippen LogP contribution in [0.4, 0.5) is 5.69 Å². The Bertz CT molecular complexity index is 722. The number of hydrogen-bond donors (Lipinski definition) is 0. The lowest BCUT2D eigenvalue weighted by atomic mass is 10.3. The predicted molar refractivity (Wildman–Crippen MR) is 63.9 cm³/mol. The zero-order valence-electron chi connectivity index (χ0n) is 9.11. The molecule has 0 fully saturated rings. The monoisotopic (exact) mass is 241 g/mol. The second-order valence-corrected chi connectivity index (χ2v) is 3.64. The summed E-state index contributed by atoms with van der Waals surface area (Å²) < 4.78 is 5.47. The number of hydrogen-bond acceptors (Lipinski definition) is 5. The van der Waals surface area contributed by atoms with E-state index in [4.69, 9.17) is 4.42 Å². The summed E-state index contributed by atoms with van der Waals surface area (Å²) in [6.45, 7) is 0. The number of rotatable bonds is 2. The summed E-state index contributed by atoms with van der Waals surface area (Å²) in [5.74, 6) is 0.353. The fourth-order valence-corrected chi connectivity index (χ4v) is 1.63. The van der Waals surface area contributed by atoms with Crippen LogP contribution < -0.4 is 0 Å². The number of aromatic nitrogens is 2. The Balaban J connectivity index is 2.14. The summed E-state index contributed by atoms with van der Waals surface area (Å²) >= 11 is 0. The molecule has 2 aromatic heterocycles. The largest absolute Gasteiger partial charge is 0.434 e. The fourth-order valence-electron chi connectivity index (χ4n) is 1.63. The summed E-state index contributed by atoms with van der Waals surface area (Å²) in [5.41, 5.74) is 1.52. The number of oxazole rings is 1. The van der Waals surface area contributed by atoms with E-state index in [1.54, 1.807) is 24.4 Å². The highest BCUT2D eigenvalue weighted by Gasteiger charge is 2.12. The molecule has 0 bridgehead atoms. The number of pyridine rings is 1. The predicted octanol–water partition coefficient (Wildman–Crippen LogP) is 2.80.